The van der Waals surface area contributed by atoms with Crippen molar-refractivity contribution >= 4 is 11.7 Å². The number of ether oxygens (including phenoxy) is 1. The predicted octanol–water partition coefficient (Wildman–Crippen LogP) is 4.08. The first-order valence-electron chi connectivity index (χ1n) is 8.74. The Morgan fingerprint density at radius 1 is 1.12 bits per heavy atom. The average molecular weight is 347 g/mol. The van der Waals surface area contributed by atoms with E-state index in [9.17, 15) is 4.79 Å². The molecule has 0 fully saturated rings. The van der Waals surface area contributed by atoms with E-state index in [1.807, 2.05) is 43.3 Å². The number of H-pyrrole nitrogens is 1. The molecule has 0 radical (unpaired) electrons. The number of anilines is 1. The molecule has 1 atom stereocenters. The summed E-state index contributed by atoms with van der Waals surface area (Å²) in [4.78, 5) is 12.0. The van der Waals surface area contributed by atoms with Crippen LogP contribution in [0.5, 0.6) is 5.75 Å². The summed E-state index contributed by atoms with van der Waals surface area (Å²) in [6.45, 7) is 4.61. The summed E-state index contributed by atoms with van der Waals surface area (Å²) in [5, 5.41) is 9.98. The number of hydrogen-bond donors (Lipinski definition) is 2. The summed E-state index contributed by atoms with van der Waals surface area (Å²) in [7, 11) is 0. The number of hydrogen-bond acceptors (Lipinski definition) is 3. The molecule has 1 amide bonds. The van der Waals surface area contributed by atoms with Gasteiger partial charge >= 0.3 is 0 Å². The minimum absolute atomic E-state index is 0.00567. The van der Waals surface area contributed by atoms with E-state index in [4.69, 9.17) is 4.74 Å². The van der Waals surface area contributed by atoms with Crippen LogP contribution >= 0.6 is 0 Å². The van der Waals surface area contributed by atoms with E-state index in [0.29, 0.717) is 18.8 Å². The summed E-state index contributed by atoms with van der Waals surface area (Å²) in [5.74, 6) is 1.47. The maximum atomic E-state index is 12.0. The van der Waals surface area contributed by atoms with Crippen LogP contribution in [0.4, 0.5) is 5.82 Å². The highest BCUT2D eigenvalue weighted by Crippen LogP contribution is 2.38. The molecular weight excluding hydrogens is 326 g/mol. The van der Waals surface area contributed by atoms with E-state index in [2.05, 4.69) is 34.6 Å². The molecule has 1 aliphatic heterocycles. The maximum absolute atomic E-state index is 12.0. The quantitative estimate of drug-likeness (QED) is 0.747. The molecule has 2 N–H and O–H groups in total. The number of carbonyl (C=O) groups excluding carboxylic acids is 1. The van der Waals surface area contributed by atoms with Crippen molar-refractivity contribution in [2.24, 2.45) is 0 Å². The van der Waals surface area contributed by atoms with E-state index in [0.717, 1.165) is 22.6 Å². The first-order chi connectivity index (χ1) is 12.6. The van der Waals surface area contributed by atoms with Gasteiger partial charge in [0.25, 0.3) is 0 Å². The van der Waals surface area contributed by atoms with Crippen LogP contribution < -0.4 is 10.1 Å². The number of benzene rings is 2. The second kappa shape index (κ2) is 6.67. The summed E-state index contributed by atoms with van der Waals surface area (Å²) < 4.78 is 5.92. The van der Waals surface area contributed by atoms with Crippen LogP contribution in [-0.4, -0.2) is 16.1 Å². The molecule has 0 saturated heterocycles. The van der Waals surface area contributed by atoms with Gasteiger partial charge in [0, 0.05) is 23.6 Å². The van der Waals surface area contributed by atoms with Gasteiger partial charge in [-0.15, -0.1) is 0 Å². The van der Waals surface area contributed by atoms with Crippen LogP contribution in [0, 0.1) is 13.8 Å². The van der Waals surface area contributed by atoms with E-state index < -0.39 is 0 Å². The summed E-state index contributed by atoms with van der Waals surface area (Å²) >= 11 is 0. The van der Waals surface area contributed by atoms with Crippen LogP contribution in [0.1, 0.15) is 40.3 Å². The monoisotopic (exact) mass is 347 g/mol. The number of carbonyl (C=O) groups is 1. The second-order valence-corrected chi connectivity index (χ2v) is 6.70. The van der Waals surface area contributed by atoms with E-state index in [1.165, 1.54) is 11.1 Å². The van der Waals surface area contributed by atoms with Gasteiger partial charge < -0.3 is 10.1 Å². The predicted molar refractivity (Wildman–Crippen MR) is 100 cm³/mol. The minimum atomic E-state index is -0.00567. The SMILES string of the molecule is Cc1ccccc1COc1ccc([C@H]2CC(=O)Nc3n[nH]c(C)c32)cc1. The van der Waals surface area contributed by atoms with Gasteiger partial charge in [0.2, 0.25) is 5.91 Å². The third-order valence-corrected chi connectivity index (χ3v) is 4.93. The maximum Gasteiger partial charge on any atom is 0.226 e. The van der Waals surface area contributed by atoms with Gasteiger partial charge in [-0.1, -0.05) is 36.4 Å². The lowest BCUT2D eigenvalue weighted by Gasteiger charge is -2.23. The number of rotatable bonds is 4. The van der Waals surface area contributed by atoms with Crippen molar-refractivity contribution in [3.8, 4) is 5.75 Å². The van der Waals surface area contributed by atoms with Crippen LogP contribution in [-0.2, 0) is 11.4 Å². The van der Waals surface area contributed by atoms with Crippen molar-refractivity contribution in [1.29, 1.82) is 0 Å². The third kappa shape index (κ3) is 3.08. The van der Waals surface area contributed by atoms with Crippen LogP contribution in [0.15, 0.2) is 48.5 Å². The Kier molecular flexibility index (Phi) is 4.21. The van der Waals surface area contributed by atoms with E-state index >= 15 is 0 Å². The van der Waals surface area contributed by atoms with Gasteiger partial charge in [-0.2, -0.15) is 5.10 Å². The molecule has 5 nitrogen and oxygen atoms in total. The van der Waals surface area contributed by atoms with Gasteiger partial charge in [-0.25, -0.2) is 0 Å². The van der Waals surface area contributed by atoms with Crippen molar-refractivity contribution in [3.05, 3.63) is 76.5 Å². The minimum Gasteiger partial charge on any atom is -0.489 e. The largest absolute Gasteiger partial charge is 0.489 e. The van der Waals surface area contributed by atoms with E-state index in [1.54, 1.807) is 0 Å². The van der Waals surface area contributed by atoms with Crippen molar-refractivity contribution in [2.75, 3.05) is 5.32 Å². The number of aromatic amines is 1. The lowest BCUT2D eigenvalue weighted by atomic mass is 9.86. The van der Waals surface area contributed by atoms with Gasteiger partial charge in [0.05, 0.1) is 0 Å². The van der Waals surface area contributed by atoms with Gasteiger partial charge in [0.15, 0.2) is 5.82 Å². The zero-order valence-corrected chi connectivity index (χ0v) is 14.9. The molecule has 2 heterocycles. The molecule has 0 aliphatic carbocycles. The molecule has 26 heavy (non-hydrogen) atoms. The van der Waals surface area contributed by atoms with Crippen molar-refractivity contribution < 1.29 is 9.53 Å². The summed E-state index contributed by atoms with van der Waals surface area (Å²) in [6, 6.07) is 16.2. The fourth-order valence-electron chi connectivity index (χ4n) is 3.44. The highest BCUT2D eigenvalue weighted by atomic mass is 16.5. The molecular formula is C21H21N3O2. The Morgan fingerprint density at radius 3 is 2.65 bits per heavy atom. The Morgan fingerprint density at radius 2 is 1.88 bits per heavy atom. The first kappa shape index (κ1) is 16.4. The van der Waals surface area contributed by atoms with Crippen LogP contribution in [0.3, 0.4) is 0 Å². The number of fused-ring (bicyclic) bond motifs is 1. The lowest BCUT2D eigenvalue weighted by molar-refractivity contribution is -0.116. The standard InChI is InChI=1S/C21H21N3O2/c1-13-5-3-4-6-16(13)12-26-17-9-7-15(8-10-17)18-11-19(25)22-21-20(18)14(2)23-24-21/h3-10,18H,11-12H2,1-2H3,(H2,22,23,24,25)/t18-/m1/s1. The van der Waals surface area contributed by atoms with E-state index in [-0.39, 0.29) is 11.8 Å². The highest BCUT2D eigenvalue weighted by molar-refractivity contribution is 5.94. The average Bonchev–Trinajstić information content (AvgIpc) is 3.01. The number of nitrogens with one attached hydrogen (secondary N) is 2. The smallest absolute Gasteiger partial charge is 0.226 e. The Bertz CT molecular complexity index is 944. The molecule has 1 aliphatic rings. The van der Waals surface area contributed by atoms with Crippen molar-refractivity contribution in [3.63, 3.8) is 0 Å². The van der Waals surface area contributed by atoms with Crippen LogP contribution in [0.2, 0.25) is 0 Å². The topological polar surface area (TPSA) is 67.0 Å². The molecule has 3 aromatic rings. The molecule has 5 heteroatoms. The van der Waals surface area contributed by atoms with Crippen LogP contribution in [0.25, 0.3) is 0 Å². The van der Waals surface area contributed by atoms with Crippen molar-refractivity contribution in [1.82, 2.24) is 10.2 Å². The Balaban J connectivity index is 1.52. The Hall–Kier alpha value is -3.08. The van der Waals surface area contributed by atoms with Gasteiger partial charge in [0.1, 0.15) is 12.4 Å². The number of aryl methyl sites for hydroxylation is 2. The summed E-state index contributed by atoms with van der Waals surface area (Å²) in [5.41, 5.74) is 5.55. The molecule has 0 unspecified atom stereocenters. The number of amides is 1. The second-order valence-electron chi connectivity index (χ2n) is 6.70. The first-order valence-corrected chi connectivity index (χ1v) is 8.74. The molecule has 0 saturated carbocycles. The van der Waals surface area contributed by atoms with Crippen molar-refractivity contribution in [2.45, 2.75) is 32.8 Å². The molecule has 4 rings (SSSR count). The molecule has 1 aromatic heterocycles. The molecule has 0 spiro atoms. The lowest BCUT2D eigenvalue weighted by Crippen LogP contribution is -2.23. The molecule has 0 bridgehead atoms. The number of nitrogens with zero attached hydrogens (tertiary/aromatic N) is 1. The van der Waals surface area contributed by atoms with Gasteiger partial charge in [-0.3, -0.25) is 9.89 Å². The highest BCUT2D eigenvalue weighted by Gasteiger charge is 2.30. The Labute approximate surface area is 152 Å². The fourth-order valence-corrected chi connectivity index (χ4v) is 3.44. The normalized spacial score (nSPS) is 16.1. The zero-order valence-electron chi connectivity index (χ0n) is 14.9. The fraction of sp³-hybridized carbons (Fsp3) is 0.238. The summed E-state index contributed by atoms with van der Waals surface area (Å²) in [6.07, 6.45) is 0.427. The van der Waals surface area contributed by atoms with Gasteiger partial charge in [-0.05, 0) is 42.7 Å². The third-order valence-electron chi connectivity index (χ3n) is 4.93. The number of aromatic nitrogens is 2. The zero-order chi connectivity index (χ0) is 18.1. The molecule has 2 aromatic carbocycles. The molecule has 132 valence electrons.